The molecule has 1 rings (SSSR count). The Morgan fingerprint density at radius 1 is 1.37 bits per heavy atom. The Morgan fingerprint density at radius 3 is 2.53 bits per heavy atom. The van der Waals surface area contributed by atoms with Crippen molar-refractivity contribution in [2.75, 3.05) is 26.2 Å². The molecule has 0 aromatic carbocycles. The van der Waals surface area contributed by atoms with E-state index < -0.39 is 5.41 Å². The molecule has 0 aliphatic carbocycles. The molecule has 1 aliphatic heterocycles. The minimum atomic E-state index is -0.393. The highest BCUT2D eigenvalue weighted by atomic mass is 16.5. The van der Waals surface area contributed by atoms with Crippen LogP contribution in [0.2, 0.25) is 0 Å². The standard InChI is InChI=1S/C14H26N2O3/c1-11(17)16(10-12-6-5-9-19-12)8-7-15-13(18)14(2,3)4/h12H,5-10H2,1-4H3,(H,15,18). The first kappa shape index (κ1) is 16.0. The lowest BCUT2D eigenvalue weighted by atomic mass is 9.96. The summed E-state index contributed by atoms with van der Waals surface area (Å²) >= 11 is 0. The van der Waals surface area contributed by atoms with Crippen LogP contribution in [0.5, 0.6) is 0 Å². The molecular formula is C14H26N2O3. The lowest BCUT2D eigenvalue weighted by Crippen LogP contribution is -2.43. The molecule has 5 nitrogen and oxygen atoms in total. The van der Waals surface area contributed by atoms with E-state index in [9.17, 15) is 9.59 Å². The summed E-state index contributed by atoms with van der Waals surface area (Å²) < 4.78 is 5.53. The van der Waals surface area contributed by atoms with Gasteiger partial charge in [-0.2, -0.15) is 0 Å². The van der Waals surface area contributed by atoms with Gasteiger partial charge in [0.15, 0.2) is 0 Å². The van der Waals surface area contributed by atoms with Gasteiger partial charge in [-0.3, -0.25) is 9.59 Å². The number of rotatable bonds is 5. The average molecular weight is 270 g/mol. The van der Waals surface area contributed by atoms with Gasteiger partial charge in [-0.1, -0.05) is 20.8 Å². The number of carbonyl (C=O) groups is 2. The van der Waals surface area contributed by atoms with Gasteiger partial charge in [0.05, 0.1) is 6.10 Å². The zero-order valence-corrected chi connectivity index (χ0v) is 12.5. The molecule has 0 aromatic heterocycles. The van der Waals surface area contributed by atoms with Crippen LogP contribution in [0, 0.1) is 5.41 Å². The largest absolute Gasteiger partial charge is 0.376 e. The topological polar surface area (TPSA) is 58.6 Å². The smallest absolute Gasteiger partial charge is 0.225 e. The normalized spacial score (nSPS) is 19.3. The molecule has 5 heteroatoms. The van der Waals surface area contributed by atoms with E-state index >= 15 is 0 Å². The predicted octanol–water partition coefficient (Wildman–Crippen LogP) is 1.18. The maximum absolute atomic E-state index is 11.7. The van der Waals surface area contributed by atoms with Gasteiger partial charge in [-0.15, -0.1) is 0 Å². The van der Waals surface area contributed by atoms with Crippen LogP contribution in [0.3, 0.4) is 0 Å². The fourth-order valence-corrected chi connectivity index (χ4v) is 1.98. The molecule has 1 fully saturated rings. The van der Waals surface area contributed by atoms with Crippen LogP contribution in [0.4, 0.5) is 0 Å². The first-order valence-electron chi connectivity index (χ1n) is 6.96. The second-order valence-corrected chi connectivity index (χ2v) is 6.11. The van der Waals surface area contributed by atoms with Crippen molar-refractivity contribution < 1.29 is 14.3 Å². The Balaban J connectivity index is 2.33. The Bertz CT molecular complexity index is 317. The highest BCUT2D eigenvalue weighted by molar-refractivity contribution is 5.81. The zero-order chi connectivity index (χ0) is 14.5. The van der Waals surface area contributed by atoms with Crippen molar-refractivity contribution in [3.63, 3.8) is 0 Å². The van der Waals surface area contributed by atoms with E-state index in [1.54, 1.807) is 11.8 Å². The van der Waals surface area contributed by atoms with E-state index in [1.807, 2.05) is 20.8 Å². The molecule has 0 saturated carbocycles. The molecule has 0 radical (unpaired) electrons. The molecule has 1 atom stereocenters. The fourth-order valence-electron chi connectivity index (χ4n) is 1.98. The number of nitrogens with zero attached hydrogens (tertiary/aromatic N) is 1. The predicted molar refractivity (Wildman–Crippen MR) is 73.7 cm³/mol. The summed E-state index contributed by atoms with van der Waals surface area (Å²) in [6.07, 6.45) is 2.23. The van der Waals surface area contributed by atoms with Gasteiger partial charge in [0.1, 0.15) is 0 Å². The highest BCUT2D eigenvalue weighted by Crippen LogP contribution is 2.14. The number of hydrogen-bond donors (Lipinski definition) is 1. The first-order chi connectivity index (χ1) is 8.80. The second-order valence-electron chi connectivity index (χ2n) is 6.11. The molecule has 0 spiro atoms. The molecule has 0 aromatic rings. The van der Waals surface area contributed by atoms with E-state index in [0.717, 1.165) is 19.4 Å². The number of amides is 2. The molecule has 2 amide bonds. The van der Waals surface area contributed by atoms with E-state index in [-0.39, 0.29) is 17.9 Å². The van der Waals surface area contributed by atoms with E-state index in [4.69, 9.17) is 4.74 Å². The minimum absolute atomic E-state index is 0.00752. The summed E-state index contributed by atoms with van der Waals surface area (Å²) in [6, 6.07) is 0. The summed E-state index contributed by atoms with van der Waals surface area (Å²) in [5, 5.41) is 2.86. The summed E-state index contributed by atoms with van der Waals surface area (Å²) in [7, 11) is 0. The molecule has 0 bridgehead atoms. The molecule has 1 heterocycles. The highest BCUT2D eigenvalue weighted by Gasteiger charge is 2.22. The zero-order valence-electron chi connectivity index (χ0n) is 12.5. The molecule has 1 aliphatic rings. The van der Waals surface area contributed by atoms with Gasteiger partial charge in [-0.05, 0) is 12.8 Å². The molecular weight excluding hydrogens is 244 g/mol. The van der Waals surface area contributed by atoms with Crippen LogP contribution in [-0.2, 0) is 14.3 Å². The van der Waals surface area contributed by atoms with Crippen LogP contribution >= 0.6 is 0 Å². The Hall–Kier alpha value is -1.10. The summed E-state index contributed by atoms with van der Waals surface area (Å²) in [4.78, 5) is 25.0. The van der Waals surface area contributed by atoms with Gasteiger partial charge in [0.2, 0.25) is 11.8 Å². The van der Waals surface area contributed by atoms with E-state index in [2.05, 4.69) is 5.32 Å². The van der Waals surface area contributed by atoms with Crippen LogP contribution < -0.4 is 5.32 Å². The van der Waals surface area contributed by atoms with Crippen molar-refractivity contribution in [3.8, 4) is 0 Å². The summed E-state index contributed by atoms with van der Waals surface area (Å²) in [5.41, 5.74) is -0.393. The third-order valence-corrected chi connectivity index (χ3v) is 3.24. The van der Waals surface area contributed by atoms with Crippen molar-refractivity contribution >= 4 is 11.8 Å². The van der Waals surface area contributed by atoms with Crippen molar-refractivity contribution in [1.29, 1.82) is 0 Å². The monoisotopic (exact) mass is 270 g/mol. The van der Waals surface area contributed by atoms with Crippen LogP contribution in [0.15, 0.2) is 0 Å². The number of carbonyl (C=O) groups excluding carboxylic acids is 2. The SMILES string of the molecule is CC(=O)N(CCNC(=O)C(C)(C)C)CC1CCCO1. The van der Waals surface area contributed by atoms with Crippen molar-refractivity contribution in [2.45, 2.75) is 46.6 Å². The number of ether oxygens (including phenoxy) is 1. The van der Waals surface area contributed by atoms with Gasteiger partial charge in [0, 0.05) is 38.6 Å². The van der Waals surface area contributed by atoms with Crippen molar-refractivity contribution in [3.05, 3.63) is 0 Å². The summed E-state index contributed by atoms with van der Waals surface area (Å²) in [6.45, 7) is 9.62. The third-order valence-electron chi connectivity index (χ3n) is 3.24. The fraction of sp³-hybridized carbons (Fsp3) is 0.857. The number of nitrogens with one attached hydrogen (secondary N) is 1. The Labute approximate surface area is 115 Å². The average Bonchev–Trinajstić information content (AvgIpc) is 2.78. The lowest BCUT2D eigenvalue weighted by Gasteiger charge is -2.25. The lowest BCUT2D eigenvalue weighted by molar-refractivity contribution is -0.132. The van der Waals surface area contributed by atoms with Crippen LogP contribution in [-0.4, -0.2) is 49.1 Å². The van der Waals surface area contributed by atoms with Gasteiger partial charge >= 0.3 is 0 Å². The van der Waals surface area contributed by atoms with Crippen LogP contribution in [0.25, 0.3) is 0 Å². The first-order valence-corrected chi connectivity index (χ1v) is 6.96. The maximum atomic E-state index is 11.7. The van der Waals surface area contributed by atoms with E-state index in [0.29, 0.717) is 19.6 Å². The quantitative estimate of drug-likeness (QED) is 0.816. The minimum Gasteiger partial charge on any atom is -0.376 e. The van der Waals surface area contributed by atoms with Gasteiger partial charge in [0.25, 0.3) is 0 Å². The summed E-state index contributed by atoms with van der Waals surface area (Å²) in [5.74, 6) is 0.0358. The molecule has 110 valence electrons. The second kappa shape index (κ2) is 6.89. The molecule has 19 heavy (non-hydrogen) atoms. The maximum Gasteiger partial charge on any atom is 0.225 e. The molecule has 1 N–H and O–H groups in total. The van der Waals surface area contributed by atoms with Crippen molar-refractivity contribution in [2.24, 2.45) is 5.41 Å². The molecule has 1 saturated heterocycles. The van der Waals surface area contributed by atoms with Gasteiger partial charge < -0.3 is 15.0 Å². The van der Waals surface area contributed by atoms with Crippen LogP contribution in [0.1, 0.15) is 40.5 Å². The molecule has 1 unspecified atom stereocenters. The third kappa shape index (κ3) is 5.59. The Kier molecular flexibility index (Phi) is 5.79. The van der Waals surface area contributed by atoms with Gasteiger partial charge in [-0.25, -0.2) is 0 Å². The Morgan fingerprint density at radius 2 is 2.05 bits per heavy atom. The van der Waals surface area contributed by atoms with E-state index in [1.165, 1.54) is 0 Å². The van der Waals surface area contributed by atoms with Crippen molar-refractivity contribution in [1.82, 2.24) is 10.2 Å². The number of hydrogen-bond acceptors (Lipinski definition) is 3.